The van der Waals surface area contributed by atoms with Crippen LogP contribution in [0.4, 0.5) is 17.6 Å². The molecule has 2 rings (SSSR count). The van der Waals surface area contributed by atoms with E-state index in [1.165, 1.54) is 6.07 Å². The van der Waals surface area contributed by atoms with Crippen molar-refractivity contribution in [3.05, 3.63) is 35.1 Å². The van der Waals surface area contributed by atoms with Gasteiger partial charge in [0.1, 0.15) is 5.82 Å². The van der Waals surface area contributed by atoms with Crippen molar-refractivity contribution in [1.82, 2.24) is 5.32 Å². The van der Waals surface area contributed by atoms with E-state index in [4.69, 9.17) is 0 Å². The first-order valence-corrected chi connectivity index (χ1v) is 5.94. The lowest BCUT2D eigenvalue weighted by Gasteiger charge is -2.32. The molecule has 2 unspecified atom stereocenters. The Bertz CT molecular complexity index is 427. The van der Waals surface area contributed by atoms with E-state index >= 15 is 0 Å². The highest BCUT2D eigenvalue weighted by Crippen LogP contribution is 2.38. The Morgan fingerprint density at radius 3 is 2.67 bits per heavy atom. The Morgan fingerprint density at radius 1 is 1.28 bits per heavy atom. The molecule has 1 heterocycles. The molecule has 0 saturated carbocycles. The molecule has 1 aliphatic heterocycles. The number of benzene rings is 1. The van der Waals surface area contributed by atoms with E-state index in [1.807, 2.05) is 0 Å². The van der Waals surface area contributed by atoms with Crippen LogP contribution in [0.25, 0.3) is 0 Å². The largest absolute Gasteiger partial charge is 0.391 e. The zero-order valence-electron chi connectivity index (χ0n) is 10.0. The maximum atomic E-state index is 13.7. The third-order valence-electron chi connectivity index (χ3n) is 3.39. The molecule has 1 N–H and O–H groups in total. The summed E-state index contributed by atoms with van der Waals surface area (Å²) in [6, 6.07) is 3.99. The van der Waals surface area contributed by atoms with Crippen LogP contribution in [-0.4, -0.2) is 12.7 Å². The van der Waals surface area contributed by atoms with E-state index in [0.717, 1.165) is 5.56 Å². The van der Waals surface area contributed by atoms with Crippen molar-refractivity contribution in [3.8, 4) is 0 Å². The minimum Gasteiger partial charge on any atom is -0.310 e. The zero-order chi connectivity index (χ0) is 13.3. The number of aryl methyl sites for hydroxylation is 1. The molecule has 0 bridgehead atoms. The van der Waals surface area contributed by atoms with Crippen molar-refractivity contribution >= 4 is 0 Å². The van der Waals surface area contributed by atoms with Gasteiger partial charge in [-0.3, -0.25) is 0 Å². The maximum Gasteiger partial charge on any atom is 0.391 e. The molecule has 18 heavy (non-hydrogen) atoms. The molecule has 2 atom stereocenters. The molecule has 0 spiro atoms. The summed E-state index contributed by atoms with van der Waals surface area (Å²) in [4.78, 5) is 0. The summed E-state index contributed by atoms with van der Waals surface area (Å²) in [7, 11) is 0. The average molecular weight is 261 g/mol. The monoisotopic (exact) mass is 261 g/mol. The SMILES string of the molecule is Cc1ccc(F)c(C2CC(C(F)(F)F)CCN2)c1. The highest BCUT2D eigenvalue weighted by molar-refractivity contribution is 5.27. The molecule has 0 amide bonds. The van der Waals surface area contributed by atoms with Gasteiger partial charge in [-0.2, -0.15) is 13.2 Å². The van der Waals surface area contributed by atoms with Gasteiger partial charge >= 0.3 is 6.18 Å². The van der Waals surface area contributed by atoms with E-state index in [2.05, 4.69) is 5.32 Å². The van der Waals surface area contributed by atoms with Gasteiger partial charge in [0, 0.05) is 11.6 Å². The molecular weight excluding hydrogens is 246 g/mol. The number of hydrogen-bond donors (Lipinski definition) is 1. The van der Waals surface area contributed by atoms with Crippen molar-refractivity contribution in [2.45, 2.75) is 32.0 Å². The Balaban J connectivity index is 2.21. The summed E-state index contributed by atoms with van der Waals surface area (Å²) in [5.41, 5.74) is 1.19. The first-order valence-electron chi connectivity index (χ1n) is 5.94. The Labute approximate surface area is 103 Å². The predicted octanol–water partition coefficient (Wildman–Crippen LogP) is 3.74. The minimum atomic E-state index is -4.19. The van der Waals surface area contributed by atoms with Crippen LogP contribution in [0.15, 0.2) is 18.2 Å². The molecule has 0 aliphatic carbocycles. The topological polar surface area (TPSA) is 12.0 Å². The summed E-state index contributed by atoms with van der Waals surface area (Å²) in [5, 5.41) is 2.97. The van der Waals surface area contributed by atoms with Gasteiger partial charge in [-0.05, 0) is 32.4 Å². The van der Waals surface area contributed by atoms with Crippen molar-refractivity contribution < 1.29 is 17.6 Å². The predicted molar refractivity (Wildman–Crippen MR) is 60.7 cm³/mol. The van der Waals surface area contributed by atoms with Gasteiger partial charge in [-0.25, -0.2) is 4.39 Å². The van der Waals surface area contributed by atoms with Crippen LogP contribution in [0.5, 0.6) is 0 Å². The Morgan fingerprint density at radius 2 is 2.00 bits per heavy atom. The summed E-state index contributed by atoms with van der Waals surface area (Å²) < 4.78 is 51.7. The molecule has 1 nitrogen and oxygen atoms in total. The van der Waals surface area contributed by atoms with Crippen LogP contribution in [-0.2, 0) is 0 Å². The quantitative estimate of drug-likeness (QED) is 0.759. The van der Waals surface area contributed by atoms with Gasteiger partial charge in [-0.1, -0.05) is 17.7 Å². The van der Waals surface area contributed by atoms with E-state index in [-0.39, 0.29) is 19.4 Å². The van der Waals surface area contributed by atoms with Crippen molar-refractivity contribution in [2.75, 3.05) is 6.54 Å². The van der Waals surface area contributed by atoms with Gasteiger partial charge in [0.2, 0.25) is 0 Å². The molecular formula is C13H15F4N. The van der Waals surface area contributed by atoms with Crippen LogP contribution in [0, 0.1) is 18.7 Å². The van der Waals surface area contributed by atoms with Crippen molar-refractivity contribution in [1.29, 1.82) is 0 Å². The van der Waals surface area contributed by atoms with Crippen LogP contribution in [0.1, 0.15) is 30.0 Å². The van der Waals surface area contributed by atoms with Gasteiger partial charge in [-0.15, -0.1) is 0 Å². The number of hydrogen-bond acceptors (Lipinski definition) is 1. The van der Waals surface area contributed by atoms with Crippen LogP contribution in [0.3, 0.4) is 0 Å². The smallest absolute Gasteiger partial charge is 0.310 e. The number of halogens is 4. The number of alkyl halides is 3. The Kier molecular flexibility index (Phi) is 3.61. The summed E-state index contributed by atoms with van der Waals surface area (Å²) in [5.74, 6) is -1.79. The minimum absolute atomic E-state index is 0.0629. The number of piperidine rings is 1. The van der Waals surface area contributed by atoms with Crippen LogP contribution < -0.4 is 5.32 Å². The maximum absolute atomic E-state index is 13.7. The van der Waals surface area contributed by atoms with E-state index in [0.29, 0.717) is 5.56 Å². The third kappa shape index (κ3) is 2.83. The molecule has 1 aromatic carbocycles. The lowest BCUT2D eigenvalue weighted by molar-refractivity contribution is -0.183. The average Bonchev–Trinajstić information content (AvgIpc) is 2.31. The van der Waals surface area contributed by atoms with Crippen molar-refractivity contribution in [3.63, 3.8) is 0 Å². The summed E-state index contributed by atoms with van der Waals surface area (Å²) in [6.07, 6.45) is -4.22. The van der Waals surface area contributed by atoms with Crippen LogP contribution >= 0.6 is 0 Å². The highest BCUT2D eigenvalue weighted by Gasteiger charge is 2.42. The first kappa shape index (κ1) is 13.3. The zero-order valence-corrected chi connectivity index (χ0v) is 10.0. The molecule has 100 valence electrons. The van der Waals surface area contributed by atoms with Crippen LogP contribution in [0.2, 0.25) is 0 Å². The third-order valence-corrected chi connectivity index (χ3v) is 3.39. The fourth-order valence-corrected chi connectivity index (χ4v) is 2.38. The molecule has 5 heteroatoms. The standard InChI is InChI=1S/C13H15F4N/c1-8-2-3-11(14)10(6-8)12-7-9(4-5-18-12)13(15,16)17/h2-3,6,9,12,18H,4-5,7H2,1H3. The summed E-state index contributed by atoms with van der Waals surface area (Å²) in [6.45, 7) is 2.06. The molecule has 1 fully saturated rings. The van der Waals surface area contributed by atoms with E-state index < -0.39 is 24.0 Å². The van der Waals surface area contributed by atoms with E-state index in [9.17, 15) is 17.6 Å². The summed E-state index contributed by atoms with van der Waals surface area (Å²) >= 11 is 0. The second-order valence-electron chi connectivity index (χ2n) is 4.79. The fraction of sp³-hybridized carbons (Fsp3) is 0.538. The van der Waals surface area contributed by atoms with Gasteiger partial charge < -0.3 is 5.32 Å². The normalized spacial score (nSPS) is 25.2. The van der Waals surface area contributed by atoms with E-state index in [1.54, 1.807) is 19.1 Å². The highest BCUT2D eigenvalue weighted by atomic mass is 19.4. The molecule has 1 saturated heterocycles. The Hall–Kier alpha value is -1.10. The van der Waals surface area contributed by atoms with Gasteiger partial charge in [0.05, 0.1) is 5.92 Å². The second-order valence-corrected chi connectivity index (χ2v) is 4.79. The number of nitrogens with one attached hydrogen (secondary N) is 1. The molecule has 1 aliphatic rings. The van der Waals surface area contributed by atoms with Gasteiger partial charge in [0.25, 0.3) is 0 Å². The van der Waals surface area contributed by atoms with Crippen molar-refractivity contribution in [2.24, 2.45) is 5.92 Å². The number of rotatable bonds is 1. The lowest BCUT2D eigenvalue weighted by Crippen LogP contribution is -2.38. The molecule has 1 aromatic rings. The fourth-order valence-electron chi connectivity index (χ4n) is 2.38. The molecule has 0 aromatic heterocycles. The van der Waals surface area contributed by atoms with Gasteiger partial charge in [0.15, 0.2) is 0 Å². The first-order chi connectivity index (χ1) is 8.38. The second kappa shape index (κ2) is 4.88. The lowest BCUT2D eigenvalue weighted by atomic mass is 9.87. The molecule has 0 radical (unpaired) electrons.